The summed E-state index contributed by atoms with van der Waals surface area (Å²) < 4.78 is 0. The molecule has 3 aliphatic rings. The Hall–Kier alpha value is -6.53. The molecule has 0 aliphatic carbocycles. The molecule has 4 aromatic rings. The van der Waals surface area contributed by atoms with Crippen molar-refractivity contribution in [2.45, 2.75) is 110 Å². The SMILES string of the molecule is Cc1ncsc1-c1ccc(CNC(=O)[C@@H]2C[C@@H](O)CN2C(=O)[C@@H](NC(=O)CCCC(=O)N2CCN(c3ccc(C(=O)N4CCC(CCCCNC(=O)/C=C/c5cccnc5)CC4)cn3)CC2)C(C)(C)C)cc1. The molecule has 3 aromatic heterocycles. The van der Waals surface area contributed by atoms with Gasteiger partial charge in [0.05, 0.1) is 27.7 Å². The number of unbranched alkanes of at least 4 members (excludes halogenated alkanes) is 1. The maximum Gasteiger partial charge on any atom is 0.255 e. The number of likely N-dealkylation sites (tertiary alicyclic amines) is 2. The maximum atomic E-state index is 14.1. The lowest BCUT2D eigenvalue weighted by Crippen LogP contribution is -2.57. The van der Waals surface area contributed by atoms with Crippen molar-refractivity contribution in [1.29, 1.82) is 0 Å². The van der Waals surface area contributed by atoms with Crippen LogP contribution in [0.3, 0.4) is 0 Å². The minimum Gasteiger partial charge on any atom is -0.391 e. The molecular formula is C54H70N10O7S. The van der Waals surface area contributed by atoms with E-state index < -0.39 is 29.5 Å². The Labute approximate surface area is 426 Å². The predicted octanol–water partition coefficient (Wildman–Crippen LogP) is 5.39. The van der Waals surface area contributed by atoms with Crippen molar-refractivity contribution < 1.29 is 33.9 Å². The van der Waals surface area contributed by atoms with Crippen LogP contribution in [0.5, 0.6) is 0 Å². The smallest absolute Gasteiger partial charge is 0.255 e. The van der Waals surface area contributed by atoms with Gasteiger partial charge in [0.15, 0.2) is 0 Å². The Kier molecular flexibility index (Phi) is 18.7. The first-order valence-corrected chi connectivity index (χ1v) is 26.2. The van der Waals surface area contributed by atoms with Gasteiger partial charge in [0.1, 0.15) is 17.9 Å². The summed E-state index contributed by atoms with van der Waals surface area (Å²) in [7, 11) is 0. The van der Waals surface area contributed by atoms with Crippen LogP contribution in [0, 0.1) is 18.3 Å². The second-order valence-corrected chi connectivity index (χ2v) is 21.1. The van der Waals surface area contributed by atoms with E-state index in [1.165, 1.54) is 11.0 Å². The molecule has 1 aromatic carbocycles. The first kappa shape index (κ1) is 53.3. The number of hydrogen-bond acceptors (Lipinski definition) is 12. The average Bonchev–Trinajstić information content (AvgIpc) is 4.01. The van der Waals surface area contributed by atoms with E-state index >= 15 is 0 Å². The lowest BCUT2D eigenvalue weighted by Gasteiger charge is -2.36. The number of carbonyl (C=O) groups excluding carboxylic acids is 6. The fourth-order valence-electron chi connectivity index (χ4n) is 9.54. The number of aromatic nitrogens is 3. The summed E-state index contributed by atoms with van der Waals surface area (Å²) >= 11 is 1.57. The molecule has 0 bridgehead atoms. The van der Waals surface area contributed by atoms with Gasteiger partial charge in [0.2, 0.25) is 29.5 Å². The van der Waals surface area contributed by atoms with Crippen molar-refractivity contribution in [2.75, 3.05) is 57.3 Å². The molecule has 6 amide bonds. The molecule has 0 unspecified atom stereocenters. The van der Waals surface area contributed by atoms with Gasteiger partial charge in [-0.1, -0.05) is 63.9 Å². The number of β-amino-alcohol motifs (C(OH)–C–C–N with tert-alkyl or cyclic N) is 1. The van der Waals surface area contributed by atoms with Crippen LogP contribution in [0.2, 0.25) is 0 Å². The number of carbonyl (C=O) groups is 6. The summed E-state index contributed by atoms with van der Waals surface area (Å²) in [4.78, 5) is 101. The Morgan fingerprint density at radius 2 is 1.62 bits per heavy atom. The Morgan fingerprint density at radius 1 is 0.861 bits per heavy atom. The second kappa shape index (κ2) is 25.2. The summed E-state index contributed by atoms with van der Waals surface area (Å²) in [6, 6.07) is 13.4. The molecular weight excluding hydrogens is 933 g/mol. The van der Waals surface area contributed by atoms with Crippen molar-refractivity contribution in [3.63, 3.8) is 0 Å². The highest BCUT2D eigenvalue weighted by molar-refractivity contribution is 7.13. The van der Waals surface area contributed by atoms with Crippen molar-refractivity contribution in [2.24, 2.45) is 11.3 Å². The summed E-state index contributed by atoms with van der Waals surface area (Å²) in [6.45, 7) is 11.9. The molecule has 3 atom stereocenters. The number of hydrogen-bond donors (Lipinski definition) is 4. The van der Waals surface area contributed by atoms with Crippen molar-refractivity contribution in [3.05, 3.63) is 101 Å². The molecule has 6 heterocycles. The number of piperidine rings is 1. The van der Waals surface area contributed by atoms with E-state index in [2.05, 4.69) is 35.8 Å². The van der Waals surface area contributed by atoms with Gasteiger partial charge in [-0.05, 0) is 84.9 Å². The van der Waals surface area contributed by atoms with Gasteiger partial charge in [-0.15, -0.1) is 11.3 Å². The quantitative estimate of drug-likeness (QED) is 0.0692. The summed E-state index contributed by atoms with van der Waals surface area (Å²) in [5.74, 6) is -0.0574. The number of nitrogens with one attached hydrogen (secondary N) is 3. The van der Waals surface area contributed by atoms with Crippen LogP contribution in [-0.4, -0.2) is 141 Å². The number of nitrogens with zero attached hydrogens (tertiary/aromatic N) is 7. The Bertz CT molecular complexity index is 2500. The molecule has 384 valence electrons. The van der Waals surface area contributed by atoms with E-state index in [-0.39, 0.29) is 61.9 Å². The third-order valence-corrected chi connectivity index (χ3v) is 14.8. The molecule has 3 fully saturated rings. The molecule has 7 rings (SSSR count). The van der Waals surface area contributed by atoms with E-state index in [4.69, 9.17) is 0 Å². The van der Waals surface area contributed by atoms with Gasteiger partial charge in [-0.2, -0.15) is 0 Å². The monoisotopic (exact) mass is 1000 g/mol. The van der Waals surface area contributed by atoms with Gasteiger partial charge in [-0.25, -0.2) is 9.97 Å². The number of anilines is 1. The number of thiazole rings is 1. The molecule has 72 heavy (non-hydrogen) atoms. The first-order chi connectivity index (χ1) is 34.6. The van der Waals surface area contributed by atoms with Gasteiger partial charge < -0.3 is 40.7 Å². The molecule has 18 heteroatoms. The zero-order valence-corrected chi connectivity index (χ0v) is 42.9. The summed E-state index contributed by atoms with van der Waals surface area (Å²) in [5, 5.41) is 19.4. The van der Waals surface area contributed by atoms with E-state index in [1.807, 2.05) is 86.6 Å². The molecule has 0 spiro atoms. The Morgan fingerprint density at radius 3 is 2.29 bits per heavy atom. The van der Waals surface area contributed by atoms with E-state index in [0.717, 1.165) is 65.2 Å². The van der Waals surface area contributed by atoms with Crippen LogP contribution in [-0.2, 0) is 30.5 Å². The molecule has 17 nitrogen and oxygen atoms in total. The fraction of sp³-hybridized carbons (Fsp3) is 0.500. The Balaban J connectivity index is 0.779. The average molecular weight is 1000 g/mol. The van der Waals surface area contributed by atoms with Crippen LogP contribution in [0.1, 0.15) is 106 Å². The van der Waals surface area contributed by atoms with Gasteiger partial charge in [0, 0.05) is 103 Å². The van der Waals surface area contributed by atoms with Gasteiger partial charge in [0.25, 0.3) is 5.91 Å². The predicted molar refractivity (Wildman–Crippen MR) is 277 cm³/mol. The van der Waals surface area contributed by atoms with Crippen LogP contribution in [0.15, 0.2) is 78.7 Å². The number of amides is 6. The van der Waals surface area contributed by atoms with Crippen molar-refractivity contribution in [3.8, 4) is 10.4 Å². The number of piperazine rings is 1. The topological polar surface area (TPSA) is 210 Å². The van der Waals surface area contributed by atoms with E-state index in [0.29, 0.717) is 63.7 Å². The highest BCUT2D eigenvalue weighted by Gasteiger charge is 2.44. The number of aryl methyl sites for hydroxylation is 1. The first-order valence-electron chi connectivity index (χ1n) is 25.3. The number of aliphatic hydroxyl groups excluding tert-OH is 1. The van der Waals surface area contributed by atoms with E-state index in [9.17, 15) is 33.9 Å². The zero-order valence-electron chi connectivity index (χ0n) is 42.1. The third kappa shape index (κ3) is 14.8. The number of rotatable bonds is 19. The molecule has 0 saturated carbocycles. The lowest BCUT2D eigenvalue weighted by molar-refractivity contribution is -0.144. The van der Waals surface area contributed by atoms with Crippen LogP contribution in [0.25, 0.3) is 16.5 Å². The largest absolute Gasteiger partial charge is 0.391 e. The van der Waals surface area contributed by atoms with Crippen molar-refractivity contribution >= 4 is 58.7 Å². The van der Waals surface area contributed by atoms with Crippen LogP contribution in [0.4, 0.5) is 5.82 Å². The summed E-state index contributed by atoms with van der Waals surface area (Å²) in [6.07, 6.45) is 13.0. The molecule has 3 saturated heterocycles. The standard InChI is InChI=1S/C54H70N10O7S/c1-37-49(72-36-59-37)41-16-13-40(14-17-41)33-58-51(69)44-31-43(65)35-64(44)53(71)50(54(2,3)4)60-47(67)11-7-12-48(68)62-29-27-61(28-30-62)45-19-18-42(34-57-45)52(70)63-25-21-38(22-26-63)9-5-6-24-56-46(66)20-15-39-10-8-23-55-32-39/h8,10,13-20,23,32,34,36,38,43-44,50,65H,5-7,9,11-12,21-22,24-31,33,35H2,1-4H3,(H,56,66)(H,58,69)(H,60,67)/b20-15+/t43-,44+,50-/m1/s1. The molecule has 0 radical (unpaired) electrons. The minimum absolute atomic E-state index is 0.0174. The van der Waals surface area contributed by atoms with Crippen molar-refractivity contribution in [1.82, 2.24) is 45.6 Å². The fourth-order valence-corrected chi connectivity index (χ4v) is 10.4. The summed E-state index contributed by atoms with van der Waals surface area (Å²) in [5.41, 5.74) is 5.44. The van der Waals surface area contributed by atoms with E-state index in [1.54, 1.807) is 40.9 Å². The number of aliphatic hydroxyl groups is 1. The van der Waals surface area contributed by atoms with Crippen LogP contribution < -0.4 is 20.9 Å². The van der Waals surface area contributed by atoms with Gasteiger partial charge >= 0.3 is 0 Å². The van der Waals surface area contributed by atoms with Gasteiger partial charge in [-0.3, -0.25) is 33.8 Å². The second-order valence-electron chi connectivity index (χ2n) is 20.2. The normalized spacial score (nSPS) is 18.0. The highest BCUT2D eigenvalue weighted by Crippen LogP contribution is 2.29. The lowest BCUT2D eigenvalue weighted by atomic mass is 9.85. The van der Waals surface area contributed by atoms with Crippen LogP contribution >= 0.6 is 11.3 Å². The number of pyridine rings is 2. The zero-order chi connectivity index (χ0) is 51.2. The third-order valence-electron chi connectivity index (χ3n) is 13.8. The highest BCUT2D eigenvalue weighted by atomic mass is 32.1. The molecule has 3 aliphatic heterocycles. The molecule has 4 N–H and O–H groups in total. The minimum atomic E-state index is -0.960. The maximum absolute atomic E-state index is 14.1. The number of benzene rings is 1.